The summed E-state index contributed by atoms with van der Waals surface area (Å²) in [5, 5.41) is 13.1. The van der Waals surface area contributed by atoms with Gasteiger partial charge in [0.05, 0.1) is 16.6 Å². The maximum Gasteiger partial charge on any atom is 0.416 e. The van der Waals surface area contributed by atoms with Crippen LogP contribution in [0.1, 0.15) is 19.4 Å². The summed E-state index contributed by atoms with van der Waals surface area (Å²) in [6.07, 6.45) is -2.96. The van der Waals surface area contributed by atoms with E-state index in [2.05, 4.69) is 49.8 Å². The van der Waals surface area contributed by atoms with Gasteiger partial charge in [-0.1, -0.05) is 26.0 Å². The van der Waals surface area contributed by atoms with Crippen LogP contribution in [0, 0.1) is 5.82 Å². The van der Waals surface area contributed by atoms with Crippen LogP contribution in [0.25, 0.3) is 22.3 Å². The molecule has 9 nitrogen and oxygen atoms in total. The van der Waals surface area contributed by atoms with Gasteiger partial charge in [-0.2, -0.15) is 23.3 Å². The lowest BCUT2D eigenvalue weighted by molar-refractivity contribution is -0.137. The largest absolute Gasteiger partial charge is 0.416 e. The number of urea groups is 1. The molecule has 0 bridgehead atoms. The number of benzene rings is 2. The maximum atomic E-state index is 13.9. The van der Waals surface area contributed by atoms with Gasteiger partial charge in [0.2, 0.25) is 5.95 Å². The minimum Gasteiger partial charge on any atom is -0.353 e. The number of nitrogens with zero attached hydrogens (tertiary/aromatic N) is 5. The summed E-state index contributed by atoms with van der Waals surface area (Å²) >= 11 is 0. The van der Waals surface area contributed by atoms with Gasteiger partial charge in [0.15, 0.2) is 5.65 Å². The molecule has 13 heteroatoms. The molecule has 2 heterocycles. The molecule has 4 rings (SSSR count). The molecule has 0 aliphatic rings. The van der Waals surface area contributed by atoms with Crippen molar-refractivity contribution in [2.24, 2.45) is 7.05 Å². The van der Waals surface area contributed by atoms with Crippen molar-refractivity contribution in [2.75, 3.05) is 42.1 Å². The first-order chi connectivity index (χ1) is 18.6. The SMILES string of the molecule is CCN(CC)CCNc1ncc2c(-c3ccc(NC(=O)Nc4cc(C(F)(F)F)ccc4F)cc3)nn(C)c2n1. The lowest BCUT2D eigenvalue weighted by Gasteiger charge is -2.17. The lowest BCUT2D eigenvalue weighted by Crippen LogP contribution is -2.28. The minimum absolute atomic E-state index is 0.347. The van der Waals surface area contributed by atoms with E-state index in [9.17, 15) is 22.4 Å². The Hall–Kier alpha value is -4.26. The zero-order valence-corrected chi connectivity index (χ0v) is 21.6. The monoisotopic (exact) mass is 544 g/mol. The Balaban J connectivity index is 1.44. The number of anilines is 3. The predicted molar refractivity (Wildman–Crippen MR) is 142 cm³/mol. The van der Waals surface area contributed by atoms with Gasteiger partial charge in [0, 0.05) is 37.6 Å². The quantitative estimate of drug-likeness (QED) is 0.238. The highest BCUT2D eigenvalue weighted by Crippen LogP contribution is 2.32. The number of carbonyl (C=O) groups is 1. The fourth-order valence-electron chi connectivity index (χ4n) is 4.00. The van der Waals surface area contributed by atoms with Crippen molar-refractivity contribution in [3.8, 4) is 11.3 Å². The third kappa shape index (κ3) is 6.60. The molecule has 4 aromatic rings. The molecule has 0 radical (unpaired) electrons. The zero-order valence-electron chi connectivity index (χ0n) is 21.6. The number of halogens is 4. The van der Waals surface area contributed by atoms with Crippen molar-refractivity contribution < 1.29 is 22.4 Å². The van der Waals surface area contributed by atoms with E-state index in [1.807, 2.05) is 0 Å². The Morgan fingerprint density at radius 2 is 1.77 bits per heavy atom. The Morgan fingerprint density at radius 3 is 2.44 bits per heavy atom. The van der Waals surface area contributed by atoms with Crippen LogP contribution in [0.15, 0.2) is 48.7 Å². The summed E-state index contributed by atoms with van der Waals surface area (Å²) in [5.41, 5.74) is 0.721. The third-order valence-electron chi connectivity index (χ3n) is 6.14. The van der Waals surface area contributed by atoms with E-state index in [4.69, 9.17) is 0 Å². The van der Waals surface area contributed by atoms with Gasteiger partial charge in [-0.25, -0.2) is 18.9 Å². The number of hydrogen-bond donors (Lipinski definition) is 3. The molecule has 0 spiro atoms. The molecule has 2 aromatic heterocycles. The number of aryl methyl sites for hydroxylation is 1. The summed E-state index contributed by atoms with van der Waals surface area (Å²) in [6, 6.07) is 7.55. The first kappa shape index (κ1) is 27.8. The molecule has 206 valence electrons. The summed E-state index contributed by atoms with van der Waals surface area (Å²) in [4.78, 5) is 23.6. The van der Waals surface area contributed by atoms with Crippen LogP contribution < -0.4 is 16.0 Å². The van der Waals surface area contributed by atoms with Crippen LogP contribution in [0.2, 0.25) is 0 Å². The molecule has 2 amide bonds. The number of carbonyl (C=O) groups excluding carboxylic acids is 1. The van der Waals surface area contributed by atoms with Crippen molar-refractivity contribution in [2.45, 2.75) is 20.0 Å². The number of likely N-dealkylation sites (N-methyl/N-ethyl adjacent to an activating group) is 1. The van der Waals surface area contributed by atoms with Crippen LogP contribution >= 0.6 is 0 Å². The first-order valence-electron chi connectivity index (χ1n) is 12.3. The van der Waals surface area contributed by atoms with Crippen molar-refractivity contribution in [1.82, 2.24) is 24.6 Å². The average Bonchev–Trinajstić information content (AvgIpc) is 3.23. The molecule has 0 fully saturated rings. The summed E-state index contributed by atoms with van der Waals surface area (Å²) in [6.45, 7) is 7.75. The maximum absolute atomic E-state index is 13.9. The van der Waals surface area contributed by atoms with E-state index in [0.29, 0.717) is 47.7 Å². The van der Waals surface area contributed by atoms with E-state index < -0.39 is 29.3 Å². The fraction of sp³-hybridized carbons (Fsp3) is 0.308. The van der Waals surface area contributed by atoms with Gasteiger partial charge < -0.3 is 20.9 Å². The molecule has 0 aliphatic carbocycles. The lowest BCUT2D eigenvalue weighted by atomic mass is 10.1. The third-order valence-corrected chi connectivity index (χ3v) is 6.14. The molecular weight excluding hydrogens is 516 g/mol. The average molecular weight is 545 g/mol. The summed E-state index contributed by atoms with van der Waals surface area (Å²) in [7, 11) is 1.78. The molecule has 0 saturated carbocycles. The molecule has 0 atom stereocenters. The number of hydrogen-bond acceptors (Lipinski definition) is 6. The Labute approximate surface area is 222 Å². The van der Waals surface area contributed by atoms with Gasteiger partial charge >= 0.3 is 12.2 Å². The smallest absolute Gasteiger partial charge is 0.353 e. The van der Waals surface area contributed by atoms with Crippen molar-refractivity contribution in [3.63, 3.8) is 0 Å². The van der Waals surface area contributed by atoms with Gasteiger partial charge in [0.25, 0.3) is 0 Å². The van der Waals surface area contributed by atoms with Crippen molar-refractivity contribution in [1.29, 1.82) is 0 Å². The number of rotatable bonds is 9. The minimum atomic E-state index is -4.67. The van der Waals surface area contributed by atoms with Crippen LogP contribution in [-0.4, -0.2) is 56.9 Å². The highest BCUT2D eigenvalue weighted by molar-refractivity contribution is 6.00. The topological polar surface area (TPSA) is 100 Å². The van der Waals surface area contributed by atoms with Crippen molar-refractivity contribution >= 4 is 34.4 Å². The molecule has 3 N–H and O–H groups in total. The standard InChI is InChI=1S/C26H28F4N8O/c1-4-38(5-2)13-12-31-24-32-15-19-22(36-37(3)23(19)35-24)16-6-9-18(10-7-16)33-25(39)34-21-14-17(26(28,29)30)8-11-20(21)27/h6-11,14-15H,4-5,12-13H2,1-3H3,(H,31,32,35)(H2,33,34,39). The zero-order chi connectivity index (χ0) is 28.2. The highest BCUT2D eigenvalue weighted by Gasteiger charge is 2.31. The molecule has 2 aromatic carbocycles. The molecule has 39 heavy (non-hydrogen) atoms. The van der Waals surface area contributed by atoms with Crippen LogP contribution in [0.4, 0.5) is 39.7 Å². The van der Waals surface area contributed by atoms with E-state index in [0.717, 1.165) is 30.6 Å². The van der Waals surface area contributed by atoms with E-state index in [1.54, 1.807) is 42.2 Å². The number of fused-ring (bicyclic) bond motifs is 1. The van der Waals surface area contributed by atoms with Crippen LogP contribution in [0.5, 0.6) is 0 Å². The second kappa shape index (κ2) is 11.6. The Kier molecular flexibility index (Phi) is 8.29. The van der Waals surface area contributed by atoms with E-state index in [-0.39, 0.29) is 0 Å². The van der Waals surface area contributed by atoms with Gasteiger partial charge in [-0.3, -0.25) is 0 Å². The molecule has 0 unspecified atom stereocenters. The molecular formula is C26H28F4N8O. The molecule has 0 saturated heterocycles. The molecule has 0 aliphatic heterocycles. The van der Waals surface area contributed by atoms with E-state index in [1.165, 1.54) is 0 Å². The van der Waals surface area contributed by atoms with Gasteiger partial charge in [0.1, 0.15) is 11.5 Å². The van der Waals surface area contributed by atoms with Gasteiger partial charge in [-0.15, -0.1) is 0 Å². The van der Waals surface area contributed by atoms with Crippen molar-refractivity contribution in [3.05, 3.63) is 60.0 Å². The number of amides is 2. The highest BCUT2D eigenvalue weighted by atomic mass is 19.4. The summed E-state index contributed by atoms with van der Waals surface area (Å²) < 4.78 is 54.3. The van der Waals surface area contributed by atoms with Crippen LogP contribution in [-0.2, 0) is 13.2 Å². The van der Waals surface area contributed by atoms with E-state index >= 15 is 0 Å². The number of nitrogens with one attached hydrogen (secondary N) is 3. The Bertz CT molecular complexity index is 1450. The normalized spacial score (nSPS) is 11.7. The number of alkyl halides is 3. The number of aromatic nitrogens is 4. The summed E-state index contributed by atoms with van der Waals surface area (Å²) in [5.74, 6) is -0.480. The van der Waals surface area contributed by atoms with Crippen LogP contribution in [0.3, 0.4) is 0 Å². The first-order valence-corrected chi connectivity index (χ1v) is 12.3. The fourth-order valence-corrected chi connectivity index (χ4v) is 4.00. The Morgan fingerprint density at radius 1 is 1.05 bits per heavy atom. The van der Waals surface area contributed by atoms with Gasteiger partial charge in [-0.05, 0) is 43.4 Å². The second-order valence-electron chi connectivity index (χ2n) is 8.71. The second-order valence-corrected chi connectivity index (χ2v) is 8.71. The predicted octanol–water partition coefficient (Wildman–Crippen LogP) is 5.59.